The van der Waals surface area contributed by atoms with Gasteiger partial charge in [0.2, 0.25) is 0 Å². The summed E-state index contributed by atoms with van der Waals surface area (Å²) in [6, 6.07) is 0. The van der Waals surface area contributed by atoms with Gasteiger partial charge in [-0.2, -0.15) is 6.08 Å². The Hall–Kier alpha value is 0.0774. The van der Waals surface area contributed by atoms with E-state index in [-0.39, 0.29) is 18.9 Å². The Morgan fingerprint density at radius 3 is 2.29 bits per heavy atom. The van der Waals surface area contributed by atoms with Crippen molar-refractivity contribution in [3.05, 3.63) is 24.8 Å². The molecule has 1 heteroatoms. The molecule has 0 fully saturated rings. The fraction of sp³-hybridized carbons (Fsp3) is 0.333. The summed E-state index contributed by atoms with van der Waals surface area (Å²) in [7, 11) is 0. The van der Waals surface area contributed by atoms with Crippen LogP contribution in [0.4, 0.5) is 0 Å². The molecule has 0 aliphatic rings. The largest absolute Gasteiger partial charge is 1.00 e. The summed E-state index contributed by atoms with van der Waals surface area (Å²) < 4.78 is 0. The van der Waals surface area contributed by atoms with Gasteiger partial charge in [0.15, 0.2) is 0 Å². The Morgan fingerprint density at radius 1 is 1.57 bits per heavy atom. The van der Waals surface area contributed by atoms with Crippen molar-refractivity contribution in [2.24, 2.45) is 0 Å². The van der Waals surface area contributed by atoms with Crippen LogP contribution in [-0.2, 0) is 0 Å². The second kappa shape index (κ2) is 9.42. The number of rotatable bonds is 2. The first-order chi connectivity index (χ1) is 2.91. The van der Waals surface area contributed by atoms with E-state index < -0.39 is 0 Å². The molecule has 0 N–H and O–H groups in total. The molecule has 0 saturated heterocycles. The van der Waals surface area contributed by atoms with Crippen molar-refractivity contribution in [3.63, 3.8) is 0 Å². The minimum absolute atomic E-state index is 0. The number of hydrogen-bond acceptors (Lipinski definition) is 0. The summed E-state index contributed by atoms with van der Waals surface area (Å²) in [6.07, 6.45) is 6.43. The van der Waals surface area contributed by atoms with Crippen molar-refractivity contribution in [2.45, 2.75) is 13.3 Å². The van der Waals surface area contributed by atoms with Crippen LogP contribution >= 0.6 is 0 Å². The molecule has 0 amide bonds. The predicted molar refractivity (Wildman–Crippen MR) is 28.3 cm³/mol. The third-order valence-corrected chi connectivity index (χ3v) is 0.483. The van der Waals surface area contributed by atoms with Gasteiger partial charge in [-0.15, -0.1) is 0 Å². The molecule has 0 aliphatic heterocycles. The zero-order valence-corrected chi connectivity index (χ0v) is 5.02. The third kappa shape index (κ3) is 10.7. The quantitative estimate of drug-likeness (QED) is 0.229. The van der Waals surface area contributed by atoms with Crippen LogP contribution in [0.5, 0.6) is 0 Å². The third-order valence-electron chi connectivity index (χ3n) is 0.483. The van der Waals surface area contributed by atoms with Gasteiger partial charge in [0, 0.05) is 0 Å². The van der Waals surface area contributed by atoms with E-state index in [0.29, 0.717) is 0 Å². The maximum Gasteiger partial charge on any atom is 1.00 e. The van der Waals surface area contributed by atoms with E-state index in [2.05, 4.69) is 6.92 Å². The van der Waals surface area contributed by atoms with Crippen LogP contribution in [0.2, 0.25) is 0 Å². The molecular formula is C6H9Li. The van der Waals surface area contributed by atoms with Crippen LogP contribution in [0, 0.1) is 6.58 Å². The summed E-state index contributed by atoms with van der Waals surface area (Å²) in [5, 5.41) is 0. The van der Waals surface area contributed by atoms with Crippen molar-refractivity contribution >= 4 is 0 Å². The average molecular weight is 88.1 g/mol. The van der Waals surface area contributed by atoms with Gasteiger partial charge >= 0.3 is 18.9 Å². The second-order valence-electron chi connectivity index (χ2n) is 1.03. The molecule has 0 aromatic heterocycles. The summed E-state index contributed by atoms with van der Waals surface area (Å²) in [4.78, 5) is 0. The molecule has 7 heavy (non-hydrogen) atoms. The maximum atomic E-state index is 5.00. The number of allylic oxidation sites excluding steroid dienone is 3. The number of hydrogen-bond donors (Lipinski definition) is 0. The SMILES string of the molecule is [CH-]=CC=CCC.[Li+]. The van der Waals surface area contributed by atoms with E-state index in [1.807, 2.05) is 12.2 Å². The van der Waals surface area contributed by atoms with Crippen LogP contribution in [0.3, 0.4) is 0 Å². The van der Waals surface area contributed by atoms with Crippen molar-refractivity contribution in [1.29, 1.82) is 0 Å². The molecule has 0 radical (unpaired) electrons. The van der Waals surface area contributed by atoms with Gasteiger partial charge in [-0.05, 0) is 0 Å². The Morgan fingerprint density at radius 2 is 2.14 bits per heavy atom. The Balaban J connectivity index is 0. The van der Waals surface area contributed by atoms with Crippen molar-refractivity contribution < 1.29 is 18.9 Å². The van der Waals surface area contributed by atoms with Gasteiger partial charge in [-0.1, -0.05) is 13.3 Å². The summed E-state index contributed by atoms with van der Waals surface area (Å²) in [5.41, 5.74) is 0. The zero-order valence-electron chi connectivity index (χ0n) is 5.02. The summed E-state index contributed by atoms with van der Waals surface area (Å²) in [6.45, 7) is 7.07. The molecule has 0 saturated carbocycles. The molecule has 0 rings (SSSR count). The molecular weight excluding hydrogens is 79.0 g/mol. The molecule has 0 bridgehead atoms. The van der Waals surface area contributed by atoms with Crippen LogP contribution in [0.25, 0.3) is 0 Å². The standard InChI is InChI=1S/C6H9.Li/c1-3-5-6-4-2;/h1,3,5-6H,4H2,2H3;/q-1;+1. The Labute approximate surface area is 57.5 Å². The molecule has 0 aromatic rings. The normalized spacial score (nSPS) is 8.14. The minimum atomic E-state index is 0. The van der Waals surface area contributed by atoms with Gasteiger partial charge in [0.1, 0.15) is 0 Å². The summed E-state index contributed by atoms with van der Waals surface area (Å²) >= 11 is 0. The van der Waals surface area contributed by atoms with Gasteiger partial charge in [-0.25, -0.2) is 12.2 Å². The van der Waals surface area contributed by atoms with E-state index in [0.717, 1.165) is 6.42 Å². The van der Waals surface area contributed by atoms with Gasteiger partial charge in [0.05, 0.1) is 0 Å². The molecule has 0 atom stereocenters. The smallest absolute Gasteiger partial charge is 0.293 e. The first kappa shape index (κ1) is 10.1. The summed E-state index contributed by atoms with van der Waals surface area (Å²) in [5.74, 6) is 0. The van der Waals surface area contributed by atoms with E-state index in [1.165, 1.54) is 6.08 Å². The van der Waals surface area contributed by atoms with Crippen LogP contribution < -0.4 is 18.9 Å². The van der Waals surface area contributed by atoms with Gasteiger partial charge in [0.25, 0.3) is 0 Å². The van der Waals surface area contributed by atoms with E-state index in [1.54, 1.807) is 0 Å². The fourth-order valence-corrected chi connectivity index (χ4v) is 0.215. The molecule has 0 aromatic carbocycles. The maximum absolute atomic E-state index is 5.00. The van der Waals surface area contributed by atoms with Gasteiger partial charge in [-0.3, -0.25) is 6.58 Å². The monoisotopic (exact) mass is 88.1 g/mol. The van der Waals surface area contributed by atoms with E-state index in [4.69, 9.17) is 6.58 Å². The van der Waals surface area contributed by atoms with E-state index in [9.17, 15) is 0 Å². The van der Waals surface area contributed by atoms with E-state index >= 15 is 0 Å². The zero-order chi connectivity index (χ0) is 4.83. The van der Waals surface area contributed by atoms with Gasteiger partial charge < -0.3 is 0 Å². The molecule has 0 heterocycles. The minimum Gasteiger partial charge on any atom is -0.293 e. The topological polar surface area (TPSA) is 0 Å². The molecule has 0 unspecified atom stereocenters. The predicted octanol–water partition coefficient (Wildman–Crippen LogP) is -1.05. The molecule has 0 spiro atoms. The van der Waals surface area contributed by atoms with Crippen LogP contribution in [0.1, 0.15) is 13.3 Å². The fourth-order valence-electron chi connectivity index (χ4n) is 0.215. The molecule has 0 nitrogen and oxygen atoms in total. The van der Waals surface area contributed by atoms with Crippen molar-refractivity contribution in [1.82, 2.24) is 0 Å². The Bertz CT molecular complexity index is 55.2. The van der Waals surface area contributed by atoms with Crippen molar-refractivity contribution in [2.75, 3.05) is 0 Å². The average Bonchev–Trinajstić information content (AvgIpc) is 1.61. The second-order valence-corrected chi connectivity index (χ2v) is 1.03. The molecule has 34 valence electrons. The van der Waals surface area contributed by atoms with Crippen LogP contribution in [0.15, 0.2) is 18.2 Å². The Kier molecular flexibility index (Phi) is 13.7. The first-order valence-corrected chi connectivity index (χ1v) is 2.12. The van der Waals surface area contributed by atoms with Crippen LogP contribution in [-0.4, -0.2) is 0 Å². The first-order valence-electron chi connectivity index (χ1n) is 2.12. The van der Waals surface area contributed by atoms with Crippen molar-refractivity contribution in [3.8, 4) is 0 Å². The molecule has 0 aliphatic carbocycles.